The van der Waals surface area contributed by atoms with E-state index in [1.165, 1.54) is 0 Å². The molecule has 15 heavy (non-hydrogen) atoms. The highest BCUT2D eigenvalue weighted by Gasteiger charge is 2.20. The maximum Gasteiger partial charge on any atom is 0.100 e. The van der Waals surface area contributed by atoms with E-state index < -0.39 is 0 Å². The molecule has 1 atom stereocenters. The molecule has 2 rings (SSSR count). The Morgan fingerprint density at radius 2 is 2.33 bits per heavy atom. The Balaban J connectivity index is 2.26. The van der Waals surface area contributed by atoms with Crippen LogP contribution in [0.1, 0.15) is 12.0 Å². The first-order chi connectivity index (χ1) is 7.20. The Hall–Kier alpha value is -1.05. The van der Waals surface area contributed by atoms with Crippen molar-refractivity contribution in [3.8, 4) is 6.07 Å². The van der Waals surface area contributed by atoms with E-state index in [0.717, 1.165) is 23.1 Å². The van der Waals surface area contributed by atoms with Gasteiger partial charge in [-0.2, -0.15) is 5.26 Å². The smallest absolute Gasteiger partial charge is 0.100 e. The molecule has 1 aromatic rings. The molecule has 4 heteroatoms. The number of rotatable bonds is 1. The maximum atomic E-state index is 9.43. The van der Waals surface area contributed by atoms with Crippen LogP contribution in [0.15, 0.2) is 22.7 Å². The van der Waals surface area contributed by atoms with Gasteiger partial charge in [-0.15, -0.1) is 0 Å². The van der Waals surface area contributed by atoms with Gasteiger partial charge in [0, 0.05) is 23.2 Å². The Morgan fingerprint density at radius 3 is 2.93 bits per heavy atom. The summed E-state index contributed by atoms with van der Waals surface area (Å²) in [6.07, 6.45) is 0.567. The number of benzene rings is 1. The van der Waals surface area contributed by atoms with E-state index in [9.17, 15) is 5.11 Å². The summed E-state index contributed by atoms with van der Waals surface area (Å²) in [4.78, 5) is 2.10. The van der Waals surface area contributed by atoms with Gasteiger partial charge < -0.3 is 10.0 Å². The third-order valence-corrected chi connectivity index (χ3v) is 3.29. The average Bonchev–Trinajstić information content (AvgIpc) is 2.66. The zero-order chi connectivity index (χ0) is 10.8. The first-order valence-corrected chi connectivity index (χ1v) is 5.62. The van der Waals surface area contributed by atoms with E-state index >= 15 is 0 Å². The van der Waals surface area contributed by atoms with Crippen LogP contribution < -0.4 is 4.90 Å². The monoisotopic (exact) mass is 266 g/mol. The van der Waals surface area contributed by atoms with Crippen molar-refractivity contribution in [2.75, 3.05) is 18.0 Å². The van der Waals surface area contributed by atoms with E-state index in [4.69, 9.17) is 5.26 Å². The fraction of sp³-hybridized carbons (Fsp3) is 0.364. The highest BCUT2D eigenvalue weighted by molar-refractivity contribution is 9.10. The number of hydrogen-bond acceptors (Lipinski definition) is 3. The second kappa shape index (κ2) is 4.21. The number of aliphatic hydroxyl groups excluding tert-OH is 1. The number of β-amino-alcohol motifs (C(OH)–C–C–N with tert-alkyl or cyclic N) is 1. The SMILES string of the molecule is N#Cc1cc(N2CCC(O)C2)ccc1Br. The summed E-state index contributed by atoms with van der Waals surface area (Å²) in [7, 11) is 0. The Kier molecular flexibility index (Phi) is 2.94. The summed E-state index contributed by atoms with van der Waals surface area (Å²) < 4.78 is 0.813. The van der Waals surface area contributed by atoms with Gasteiger partial charge >= 0.3 is 0 Å². The van der Waals surface area contributed by atoms with Crippen molar-refractivity contribution in [1.29, 1.82) is 5.26 Å². The lowest BCUT2D eigenvalue weighted by Gasteiger charge is -2.18. The van der Waals surface area contributed by atoms with E-state index in [-0.39, 0.29) is 6.10 Å². The van der Waals surface area contributed by atoms with Crippen molar-refractivity contribution >= 4 is 21.6 Å². The minimum Gasteiger partial charge on any atom is -0.391 e. The minimum absolute atomic E-state index is 0.237. The van der Waals surface area contributed by atoms with Crippen LogP contribution in [0.2, 0.25) is 0 Å². The average molecular weight is 267 g/mol. The number of nitrogens with zero attached hydrogens (tertiary/aromatic N) is 2. The molecule has 1 aromatic carbocycles. The summed E-state index contributed by atoms with van der Waals surface area (Å²) >= 11 is 3.32. The van der Waals surface area contributed by atoms with Crippen LogP contribution >= 0.6 is 15.9 Å². The highest BCUT2D eigenvalue weighted by atomic mass is 79.9. The number of aliphatic hydroxyl groups is 1. The van der Waals surface area contributed by atoms with Gasteiger partial charge in [0.2, 0.25) is 0 Å². The molecular weight excluding hydrogens is 256 g/mol. The van der Waals surface area contributed by atoms with Gasteiger partial charge in [-0.1, -0.05) is 0 Å². The van der Waals surface area contributed by atoms with Crippen LogP contribution in [0.25, 0.3) is 0 Å². The summed E-state index contributed by atoms with van der Waals surface area (Å²) in [6.45, 7) is 1.51. The molecule has 1 heterocycles. The normalized spacial score (nSPS) is 20.3. The van der Waals surface area contributed by atoms with Crippen molar-refractivity contribution < 1.29 is 5.11 Å². The van der Waals surface area contributed by atoms with E-state index in [1.54, 1.807) is 0 Å². The van der Waals surface area contributed by atoms with Crippen LogP contribution in [-0.4, -0.2) is 24.3 Å². The van der Waals surface area contributed by atoms with Gasteiger partial charge in [0.25, 0.3) is 0 Å². The lowest BCUT2D eigenvalue weighted by molar-refractivity contribution is 0.198. The number of nitriles is 1. The van der Waals surface area contributed by atoms with Crippen LogP contribution in [-0.2, 0) is 0 Å². The van der Waals surface area contributed by atoms with Crippen molar-refractivity contribution in [3.05, 3.63) is 28.2 Å². The fourth-order valence-electron chi connectivity index (χ4n) is 1.77. The Morgan fingerprint density at radius 1 is 1.53 bits per heavy atom. The molecule has 0 spiro atoms. The van der Waals surface area contributed by atoms with Crippen LogP contribution in [0.3, 0.4) is 0 Å². The van der Waals surface area contributed by atoms with Gasteiger partial charge in [0.15, 0.2) is 0 Å². The lowest BCUT2D eigenvalue weighted by Crippen LogP contribution is -2.21. The van der Waals surface area contributed by atoms with E-state index in [2.05, 4.69) is 26.9 Å². The van der Waals surface area contributed by atoms with Gasteiger partial charge in [-0.25, -0.2) is 0 Å². The molecule has 1 saturated heterocycles. The molecule has 0 radical (unpaired) electrons. The number of anilines is 1. The van der Waals surface area contributed by atoms with Crippen molar-refractivity contribution in [2.45, 2.75) is 12.5 Å². The van der Waals surface area contributed by atoms with Gasteiger partial charge in [-0.3, -0.25) is 0 Å². The fourth-order valence-corrected chi connectivity index (χ4v) is 2.11. The third-order valence-electron chi connectivity index (χ3n) is 2.60. The zero-order valence-corrected chi connectivity index (χ0v) is 9.74. The molecule has 0 aromatic heterocycles. The van der Waals surface area contributed by atoms with Gasteiger partial charge in [-0.05, 0) is 40.5 Å². The molecule has 3 nitrogen and oxygen atoms in total. The summed E-state index contributed by atoms with van der Waals surface area (Å²) in [6, 6.07) is 7.82. The van der Waals surface area contributed by atoms with Crippen molar-refractivity contribution in [1.82, 2.24) is 0 Å². The maximum absolute atomic E-state index is 9.43. The standard InChI is InChI=1S/C11H11BrN2O/c12-11-2-1-9(5-8(11)6-13)14-4-3-10(15)7-14/h1-2,5,10,15H,3-4,7H2. The molecular formula is C11H11BrN2O. The summed E-state index contributed by atoms with van der Waals surface area (Å²) in [5.74, 6) is 0. The molecule has 0 amide bonds. The topological polar surface area (TPSA) is 47.3 Å². The predicted octanol–water partition coefficient (Wildman–Crippen LogP) is 1.89. The molecule has 1 unspecified atom stereocenters. The van der Waals surface area contributed by atoms with Crippen LogP contribution in [0.4, 0.5) is 5.69 Å². The Bertz CT molecular complexity index is 414. The van der Waals surface area contributed by atoms with Gasteiger partial charge in [0.1, 0.15) is 6.07 Å². The molecule has 1 fully saturated rings. The van der Waals surface area contributed by atoms with Crippen LogP contribution in [0.5, 0.6) is 0 Å². The molecule has 78 valence electrons. The van der Waals surface area contributed by atoms with E-state index in [1.807, 2.05) is 18.2 Å². The summed E-state index contributed by atoms with van der Waals surface area (Å²) in [5, 5.41) is 18.3. The number of hydrogen-bond donors (Lipinski definition) is 1. The van der Waals surface area contributed by atoms with Crippen LogP contribution in [0, 0.1) is 11.3 Å². The quantitative estimate of drug-likeness (QED) is 0.845. The second-order valence-corrected chi connectivity index (χ2v) is 4.52. The van der Waals surface area contributed by atoms with E-state index in [0.29, 0.717) is 12.1 Å². The molecule has 1 aliphatic heterocycles. The highest BCUT2D eigenvalue weighted by Crippen LogP contribution is 2.25. The lowest BCUT2D eigenvalue weighted by atomic mass is 10.2. The molecule has 0 aliphatic carbocycles. The molecule has 0 saturated carbocycles. The molecule has 0 bridgehead atoms. The summed E-state index contributed by atoms with van der Waals surface area (Å²) in [5.41, 5.74) is 1.64. The zero-order valence-electron chi connectivity index (χ0n) is 8.15. The Labute approximate surface area is 97.1 Å². The minimum atomic E-state index is -0.237. The number of halogens is 1. The first kappa shape index (κ1) is 10.5. The predicted molar refractivity (Wildman–Crippen MR) is 61.7 cm³/mol. The molecule has 1 N–H and O–H groups in total. The first-order valence-electron chi connectivity index (χ1n) is 4.83. The largest absolute Gasteiger partial charge is 0.391 e. The van der Waals surface area contributed by atoms with Crippen molar-refractivity contribution in [3.63, 3.8) is 0 Å². The third kappa shape index (κ3) is 2.14. The molecule has 1 aliphatic rings. The van der Waals surface area contributed by atoms with Crippen molar-refractivity contribution in [2.24, 2.45) is 0 Å². The van der Waals surface area contributed by atoms with Gasteiger partial charge in [0.05, 0.1) is 11.7 Å². The second-order valence-electron chi connectivity index (χ2n) is 3.66.